The van der Waals surface area contributed by atoms with Gasteiger partial charge in [-0.2, -0.15) is 0 Å². The summed E-state index contributed by atoms with van der Waals surface area (Å²) in [6.07, 6.45) is 6.07. The summed E-state index contributed by atoms with van der Waals surface area (Å²) in [5, 5.41) is 0. The van der Waals surface area contributed by atoms with Crippen LogP contribution in [0.1, 0.15) is 66.2 Å². The smallest absolute Gasteiger partial charge is 0.305 e. The maximum atomic E-state index is 11.5. The Balaban J connectivity index is 3.67. The molecule has 0 saturated carbocycles. The summed E-state index contributed by atoms with van der Waals surface area (Å²) < 4.78 is 10.1. The molecule has 0 bridgehead atoms. The first kappa shape index (κ1) is 17.9. The topological polar surface area (TPSA) is 52.6 Å². The van der Waals surface area contributed by atoms with Crippen LogP contribution in [0.4, 0.5) is 0 Å². The van der Waals surface area contributed by atoms with Gasteiger partial charge in [-0.1, -0.05) is 46.5 Å². The zero-order chi connectivity index (χ0) is 14.7. The molecular formula is C15H28O4. The molecule has 4 nitrogen and oxygen atoms in total. The van der Waals surface area contributed by atoms with Gasteiger partial charge in [0.1, 0.15) is 0 Å². The van der Waals surface area contributed by atoms with E-state index >= 15 is 0 Å². The third-order valence-electron chi connectivity index (χ3n) is 2.77. The first-order chi connectivity index (χ1) is 8.87. The standard InChI is InChI=1S/C15H28O4/c1-5-6-7-8-9-10-14(17)19-12-15(3,4)11-18-13(2)16/h5-12H2,1-4H3. The Morgan fingerprint density at radius 3 is 2.11 bits per heavy atom. The lowest BCUT2D eigenvalue weighted by Crippen LogP contribution is -2.28. The van der Waals surface area contributed by atoms with Gasteiger partial charge in [-0.05, 0) is 6.42 Å². The van der Waals surface area contributed by atoms with Gasteiger partial charge in [0.15, 0.2) is 0 Å². The van der Waals surface area contributed by atoms with Gasteiger partial charge >= 0.3 is 11.9 Å². The van der Waals surface area contributed by atoms with Crippen LogP contribution in [-0.2, 0) is 19.1 Å². The van der Waals surface area contributed by atoms with E-state index in [4.69, 9.17) is 9.47 Å². The van der Waals surface area contributed by atoms with Crippen molar-refractivity contribution in [2.24, 2.45) is 5.41 Å². The molecule has 0 saturated heterocycles. The number of rotatable bonds is 10. The maximum Gasteiger partial charge on any atom is 0.305 e. The Morgan fingerprint density at radius 1 is 0.947 bits per heavy atom. The molecule has 0 atom stereocenters. The number of carbonyl (C=O) groups excluding carboxylic acids is 2. The Bertz CT molecular complexity index is 271. The molecule has 0 aliphatic rings. The van der Waals surface area contributed by atoms with Gasteiger partial charge in [-0.25, -0.2) is 0 Å². The van der Waals surface area contributed by atoms with Crippen LogP contribution >= 0.6 is 0 Å². The fourth-order valence-electron chi connectivity index (χ4n) is 1.56. The highest BCUT2D eigenvalue weighted by Gasteiger charge is 2.22. The first-order valence-corrected chi connectivity index (χ1v) is 7.16. The number of carbonyl (C=O) groups is 2. The molecule has 19 heavy (non-hydrogen) atoms. The van der Waals surface area contributed by atoms with Crippen molar-refractivity contribution >= 4 is 11.9 Å². The molecule has 0 amide bonds. The van der Waals surface area contributed by atoms with Gasteiger partial charge in [0.25, 0.3) is 0 Å². The van der Waals surface area contributed by atoms with Crippen LogP contribution < -0.4 is 0 Å². The van der Waals surface area contributed by atoms with E-state index < -0.39 is 0 Å². The molecule has 0 radical (unpaired) electrons. The predicted molar refractivity (Wildman–Crippen MR) is 74.7 cm³/mol. The molecule has 0 rings (SSSR count). The van der Waals surface area contributed by atoms with Crippen molar-refractivity contribution in [1.29, 1.82) is 0 Å². The van der Waals surface area contributed by atoms with Crippen molar-refractivity contribution in [3.8, 4) is 0 Å². The summed E-state index contributed by atoms with van der Waals surface area (Å²) >= 11 is 0. The fraction of sp³-hybridized carbons (Fsp3) is 0.867. The summed E-state index contributed by atoms with van der Waals surface area (Å²) in [5.41, 5.74) is -0.330. The summed E-state index contributed by atoms with van der Waals surface area (Å²) in [5.74, 6) is -0.470. The van der Waals surface area contributed by atoms with E-state index in [0.29, 0.717) is 6.42 Å². The molecule has 4 heteroatoms. The Hall–Kier alpha value is -1.06. The SMILES string of the molecule is CCCCCCCC(=O)OCC(C)(C)COC(C)=O. The number of hydrogen-bond donors (Lipinski definition) is 0. The minimum absolute atomic E-state index is 0.160. The van der Waals surface area contributed by atoms with Gasteiger partial charge in [0, 0.05) is 18.8 Å². The maximum absolute atomic E-state index is 11.5. The van der Waals surface area contributed by atoms with Crippen LogP contribution in [0.3, 0.4) is 0 Å². The first-order valence-electron chi connectivity index (χ1n) is 7.16. The van der Waals surface area contributed by atoms with E-state index in [0.717, 1.165) is 12.8 Å². The number of hydrogen-bond acceptors (Lipinski definition) is 4. The van der Waals surface area contributed by atoms with Gasteiger partial charge in [-0.15, -0.1) is 0 Å². The molecule has 0 aliphatic carbocycles. The Labute approximate surface area is 116 Å². The van der Waals surface area contributed by atoms with E-state index in [1.807, 2.05) is 13.8 Å². The van der Waals surface area contributed by atoms with Crippen molar-refractivity contribution in [2.75, 3.05) is 13.2 Å². The molecule has 0 aromatic rings. The molecule has 0 aromatic carbocycles. The van der Waals surface area contributed by atoms with E-state index in [-0.39, 0.29) is 30.6 Å². The van der Waals surface area contributed by atoms with Crippen LogP contribution in [0.2, 0.25) is 0 Å². The summed E-state index contributed by atoms with van der Waals surface area (Å²) in [7, 11) is 0. The fourth-order valence-corrected chi connectivity index (χ4v) is 1.56. The summed E-state index contributed by atoms with van der Waals surface area (Å²) in [4.78, 5) is 22.3. The van der Waals surface area contributed by atoms with Crippen molar-refractivity contribution in [1.82, 2.24) is 0 Å². The van der Waals surface area contributed by atoms with E-state index in [9.17, 15) is 9.59 Å². The molecule has 0 spiro atoms. The zero-order valence-electron chi connectivity index (χ0n) is 12.8. The molecule has 0 fully saturated rings. The molecule has 0 unspecified atom stereocenters. The average molecular weight is 272 g/mol. The lowest BCUT2D eigenvalue weighted by Gasteiger charge is -2.23. The van der Waals surface area contributed by atoms with Crippen LogP contribution in [0.5, 0.6) is 0 Å². The minimum Gasteiger partial charge on any atom is -0.465 e. The average Bonchev–Trinajstić information content (AvgIpc) is 2.34. The number of ether oxygens (including phenoxy) is 2. The van der Waals surface area contributed by atoms with E-state index in [1.54, 1.807) is 0 Å². The normalized spacial score (nSPS) is 11.2. The van der Waals surface area contributed by atoms with E-state index in [2.05, 4.69) is 6.92 Å². The van der Waals surface area contributed by atoms with Crippen LogP contribution in [0.15, 0.2) is 0 Å². The number of unbranched alkanes of at least 4 members (excludes halogenated alkanes) is 4. The van der Waals surface area contributed by atoms with Crippen LogP contribution in [0, 0.1) is 5.41 Å². The Kier molecular flexibility index (Phi) is 9.27. The zero-order valence-corrected chi connectivity index (χ0v) is 12.8. The monoisotopic (exact) mass is 272 g/mol. The second kappa shape index (κ2) is 9.82. The molecule has 112 valence electrons. The summed E-state index contributed by atoms with van der Waals surface area (Å²) in [6, 6.07) is 0. The van der Waals surface area contributed by atoms with Gasteiger partial charge in [0.2, 0.25) is 0 Å². The molecular weight excluding hydrogens is 244 g/mol. The molecule has 0 N–H and O–H groups in total. The lowest BCUT2D eigenvalue weighted by molar-refractivity contribution is -0.151. The highest BCUT2D eigenvalue weighted by Crippen LogP contribution is 2.16. The molecule has 0 heterocycles. The third kappa shape index (κ3) is 11.7. The molecule has 0 aliphatic heterocycles. The number of esters is 2. The van der Waals surface area contributed by atoms with Crippen molar-refractivity contribution in [3.63, 3.8) is 0 Å². The van der Waals surface area contributed by atoms with Gasteiger partial charge in [-0.3, -0.25) is 9.59 Å². The van der Waals surface area contributed by atoms with Crippen molar-refractivity contribution in [2.45, 2.75) is 66.2 Å². The third-order valence-corrected chi connectivity index (χ3v) is 2.77. The highest BCUT2D eigenvalue weighted by molar-refractivity contribution is 5.69. The largest absolute Gasteiger partial charge is 0.465 e. The highest BCUT2D eigenvalue weighted by atomic mass is 16.5. The van der Waals surface area contributed by atoms with Crippen LogP contribution in [-0.4, -0.2) is 25.2 Å². The molecule has 0 aromatic heterocycles. The lowest BCUT2D eigenvalue weighted by atomic mass is 9.96. The predicted octanol–water partition coefficient (Wildman–Crippen LogP) is 3.48. The van der Waals surface area contributed by atoms with Crippen LogP contribution in [0.25, 0.3) is 0 Å². The Morgan fingerprint density at radius 2 is 1.53 bits per heavy atom. The second-order valence-electron chi connectivity index (χ2n) is 5.77. The quantitative estimate of drug-likeness (QED) is 0.451. The summed E-state index contributed by atoms with van der Waals surface area (Å²) in [6.45, 7) is 7.91. The van der Waals surface area contributed by atoms with E-state index in [1.165, 1.54) is 26.2 Å². The second-order valence-corrected chi connectivity index (χ2v) is 5.77. The van der Waals surface area contributed by atoms with Crippen molar-refractivity contribution in [3.05, 3.63) is 0 Å². The van der Waals surface area contributed by atoms with Gasteiger partial charge in [0.05, 0.1) is 13.2 Å². The minimum atomic E-state index is -0.330. The van der Waals surface area contributed by atoms with Gasteiger partial charge < -0.3 is 9.47 Å². The van der Waals surface area contributed by atoms with Crippen molar-refractivity contribution < 1.29 is 19.1 Å².